The van der Waals surface area contributed by atoms with E-state index in [0.717, 1.165) is 54.8 Å². The highest BCUT2D eigenvalue weighted by Crippen LogP contribution is 2.30. The average molecular weight is 388 g/mol. The van der Waals surface area contributed by atoms with E-state index in [0.29, 0.717) is 12.4 Å². The summed E-state index contributed by atoms with van der Waals surface area (Å²) in [6, 6.07) is 10.2. The van der Waals surface area contributed by atoms with Crippen LogP contribution < -0.4 is 0 Å². The molecule has 0 N–H and O–H groups in total. The molecule has 6 nitrogen and oxygen atoms in total. The van der Waals surface area contributed by atoms with Gasteiger partial charge < -0.3 is 8.98 Å². The molecule has 2 aromatic heterocycles. The number of nitrogens with zero attached hydrogens (tertiary/aromatic N) is 4. The molecule has 29 heavy (non-hydrogen) atoms. The summed E-state index contributed by atoms with van der Waals surface area (Å²) < 4.78 is 7.88. The van der Waals surface area contributed by atoms with E-state index in [-0.39, 0.29) is 11.7 Å². The third-order valence-corrected chi connectivity index (χ3v) is 5.92. The number of hydrogen-bond donors (Lipinski definition) is 0. The Morgan fingerprint density at radius 2 is 2.21 bits per heavy atom. The number of benzene rings is 1. The highest BCUT2D eigenvalue weighted by Gasteiger charge is 2.29. The molecule has 0 saturated carbocycles. The fourth-order valence-electron chi connectivity index (χ4n) is 4.37. The van der Waals surface area contributed by atoms with Crippen LogP contribution in [0.5, 0.6) is 0 Å². The van der Waals surface area contributed by atoms with Crippen molar-refractivity contribution < 1.29 is 9.21 Å². The number of aliphatic imine (C=N–C) groups is 1. The van der Waals surface area contributed by atoms with Crippen molar-refractivity contribution in [3.63, 3.8) is 0 Å². The first-order valence-electron chi connectivity index (χ1n) is 10.1. The van der Waals surface area contributed by atoms with E-state index in [9.17, 15) is 4.79 Å². The van der Waals surface area contributed by atoms with Gasteiger partial charge in [-0.2, -0.15) is 0 Å². The van der Waals surface area contributed by atoms with Crippen molar-refractivity contribution in [3.8, 4) is 0 Å². The maximum absolute atomic E-state index is 12.9. The van der Waals surface area contributed by atoms with E-state index in [4.69, 9.17) is 4.42 Å². The van der Waals surface area contributed by atoms with Crippen LogP contribution in [0.25, 0.3) is 16.5 Å². The maximum Gasteiger partial charge on any atom is 0.202 e. The highest BCUT2D eigenvalue weighted by atomic mass is 16.3. The van der Waals surface area contributed by atoms with Crippen LogP contribution in [-0.2, 0) is 7.05 Å². The first-order valence-corrected chi connectivity index (χ1v) is 10.1. The zero-order chi connectivity index (χ0) is 19.8. The van der Waals surface area contributed by atoms with Crippen LogP contribution >= 0.6 is 0 Å². The summed E-state index contributed by atoms with van der Waals surface area (Å²) in [5.74, 6) is 1.60. The van der Waals surface area contributed by atoms with Gasteiger partial charge in [-0.15, -0.1) is 0 Å². The molecule has 2 aliphatic heterocycles. The van der Waals surface area contributed by atoms with Gasteiger partial charge >= 0.3 is 0 Å². The van der Waals surface area contributed by atoms with E-state index >= 15 is 0 Å². The van der Waals surface area contributed by atoms with E-state index in [2.05, 4.69) is 27.0 Å². The first kappa shape index (κ1) is 18.1. The van der Waals surface area contributed by atoms with Crippen molar-refractivity contribution >= 4 is 28.5 Å². The van der Waals surface area contributed by atoms with Gasteiger partial charge in [0.25, 0.3) is 0 Å². The van der Waals surface area contributed by atoms with Crippen molar-refractivity contribution in [3.05, 3.63) is 59.9 Å². The Morgan fingerprint density at radius 3 is 3.03 bits per heavy atom. The van der Waals surface area contributed by atoms with Crippen LogP contribution in [0.4, 0.5) is 0 Å². The number of rotatable bonds is 5. The SMILES string of the molecule is Cn1ccnc1C(=O)C1CCCN(CC2=C(c3cc4ccccc4o3)CN=C2)C1. The number of carbonyl (C=O) groups is 1. The molecule has 0 bridgehead atoms. The van der Waals surface area contributed by atoms with E-state index in [1.165, 1.54) is 5.57 Å². The molecule has 6 heteroatoms. The molecule has 148 valence electrons. The molecule has 1 atom stereocenters. The molecule has 3 aromatic rings. The molecule has 0 radical (unpaired) electrons. The van der Waals surface area contributed by atoms with Gasteiger partial charge in [0.15, 0.2) is 5.82 Å². The molecule has 0 aliphatic carbocycles. The number of likely N-dealkylation sites (tertiary alicyclic amines) is 1. The molecule has 1 fully saturated rings. The normalized spacial score (nSPS) is 20.1. The lowest BCUT2D eigenvalue weighted by Crippen LogP contribution is -2.40. The van der Waals surface area contributed by atoms with Gasteiger partial charge in [0.2, 0.25) is 5.78 Å². The second-order valence-corrected chi connectivity index (χ2v) is 7.92. The van der Waals surface area contributed by atoms with Crippen molar-refractivity contribution in [2.24, 2.45) is 18.0 Å². The molecule has 1 unspecified atom stereocenters. The number of carbonyl (C=O) groups excluding carboxylic acids is 1. The molecule has 0 spiro atoms. The van der Waals surface area contributed by atoms with E-state index < -0.39 is 0 Å². The summed E-state index contributed by atoms with van der Waals surface area (Å²) in [6.07, 6.45) is 7.42. The standard InChI is InChI=1S/C23H24N4O2/c1-26-10-8-25-23(26)22(28)17-6-4-9-27(14-17)15-18-12-24-13-19(18)21-11-16-5-2-3-7-20(16)29-21/h2-3,5,7-8,10-12,17H,4,6,9,13-15H2,1H3. The molecular weight excluding hydrogens is 364 g/mol. The molecule has 1 saturated heterocycles. The molecule has 4 heterocycles. The van der Waals surface area contributed by atoms with Crippen molar-refractivity contribution in [2.45, 2.75) is 12.8 Å². The van der Waals surface area contributed by atoms with Crippen molar-refractivity contribution in [2.75, 3.05) is 26.2 Å². The summed E-state index contributed by atoms with van der Waals surface area (Å²) >= 11 is 0. The predicted molar refractivity (Wildman–Crippen MR) is 113 cm³/mol. The monoisotopic (exact) mass is 388 g/mol. The number of imidazole rings is 1. The summed E-state index contributed by atoms with van der Waals surface area (Å²) in [6.45, 7) is 3.20. The van der Waals surface area contributed by atoms with Gasteiger partial charge in [-0.05, 0) is 37.1 Å². The number of Topliss-reactive ketones (excluding diaryl/α,β-unsaturated/α-hetero) is 1. The third kappa shape index (κ3) is 3.44. The predicted octanol–water partition coefficient (Wildman–Crippen LogP) is 3.60. The number of ketones is 1. The Balaban J connectivity index is 1.34. The lowest BCUT2D eigenvalue weighted by Gasteiger charge is -2.32. The minimum atomic E-state index is -0.00144. The number of hydrogen-bond acceptors (Lipinski definition) is 5. The minimum Gasteiger partial charge on any atom is -0.456 e. The van der Waals surface area contributed by atoms with Crippen LogP contribution in [0.15, 0.2) is 57.7 Å². The van der Waals surface area contributed by atoms with Gasteiger partial charge in [0.1, 0.15) is 11.3 Å². The van der Waals surface area contributed by atoms with Crippen LogP contribution in [0, 0.1) is 5.92 Å². The van der Waals surface area contributed by atoms with Gasteiger partial charge in [0, 0.05) is 55.6 Å². The first-order chi connectivity index (χ1) is 14.2. The fraction of sp³-hybridized carbons (Fsp3) is 0.348. The van der Waals surface area contributed by atoms with Gasteiger partial charge in [-0.25, -0.2) is 4.98 Å². The van der Waals surface area contributed by atoms with Crippen molar-refractivity contribution in [1.29, 1.82) is 0 Å². The molecule has 5 rings (SSSR count). The summed E-state index contributed by atoms with van der Waals surface area (Å²) in [5.41, 5.74) is 3.24. The third-order valence-electron chi connectivity index (χ3n) is 5.92. The number of piperidine rings is 1. The smallest absolute Gasteiger partial charge is 0.202 e. The van der Waals surface area contributed by atoms with Gasteiger partial charge in [-0.3, -0.25) is 14.7 Å². The van der Waals surface area contributed by atoms with Crippen LogP contribution in [0.1, 0.15) is 29.2 Å². The number of furan rings is 1. The quantitative estimate of drug-likeness (QED) is 0.627. The fourth-order valence-corrected chi connectivity index (χ4v) is 4.37. The lowest BCUT2D eigenvalue weighted by atomic mass is 9.92. The molecule has 2 aliphatic rings. The van der Waals surface area contributed by atoms with Gasteiger partial charge in [-0.1, -0.05) is 18.2 Å². The van der Waals surface area contributed by atoms with Gasteiger partial charge in [0.05, 0.1) is 6.54 Å². The Bertz CT molecular complexity index is 1090. The molecule has 0 amide bonds. The van der Waals surface area contributed by atoms with Crippen molar-refractivity contribution in [1.82, 2.24) is 14.5 Å². The highest BCUT2D eigenvalue weighted by molar-refractivity contribution is 5.97. The second kappa shape index (κ2) is 7.44. The van der Waals surface area contributed by atoms with Crippen LogP contribution in [-0.4, -0.2) is 52.6 Å². The Hall–Kier alpha value is -2.99. The van der Waals surface area contributed by atoms with Crippen LogP contribution in [0.2, 0.25) is 0 Å². The second-order valence-electron chi connectivity index (χ2n) is 7.92. The Morgan fingerprint density at radius 1 is 1.31 bits per heavy atom. The number of para-hydroxylation sites is 1. The summed E-state index contributed by atoms with van der Waals surface area (Å²) in [7, 11) is 1.88. The number of aryl methyl sites for hydroxylation is 1. The topological polar surface area (TPSA) is 63.6 Å². The zero-order valence-corrected chi connectivity index (χ0v) is 16.5. The minimum absolute atomic E-state index is 0.00144. The number of fused-ring (bicyclic) bond motifs is 1. The number of aromatic nitrogens is 2. The molecule has 1 aromatic carbocycles. The van der Waals surface area contributed by atoms with E-state index in [1.807, 2.05) is 42.2 Å². The Kier molecular flexibility index (Phi) is 4.64. The maximum atomic E-state index is 12.9. The van der Waals surface area contributed by atoms with E-state index in [1.54, 1.807) is 6.20 Å². The molecular formula is C23H24N4O2. The zero-order valence-electron chi connectivity index (χ0n) is 16.5. The largest absolute Gasteiger partial charge is 0.456 e. The van der Waals surface area contributed by atoms with Crippen LogP contribution in [0.3, 0.4) is 0 Å². The summed E-state index contributed by atoms with van der Waals surface area (Å²) in [5, 5.41) is 1.11. The Labute approximate surface area is 169 Å². The summed E-state index contributed by atoms with van der Waals surface area (Å²) in [4.78, 5) is 24.0. The average Bonchev–Trinajstić information content (AvgIpc) is 3.46. The lowest BCUT2D eigenvalue weighted by molar-refractivity contribution is 0.0816.